The average Bonchev–Trinajstić information content (AvgIpc) is 2.97. The average molecular weight is 523 g/mol. The minimum Gasteiger partial charge on any atom is -0.497 e. The van der Waals surface area contributed by atoms with Crippen LogP contribution in [0.25, 0.3) is 0 Å². The lowest BCUT2D eigenvalue weighted by Crippen LogP contribution is -2.38. The lowest BCUT2D eigenvalue weighted by Gasteiger charge is -2.32. The van der Waals surface area contributed by atoms with E-state index in [1.54, 1.807) is 28.4 Å². The van der Waals surface area contributed by atoms with Crippen LogP contribution in [0.4, 0.5) is 5.95 Å². The van der Waals surface area contributed by atoms with E-state index in [0.29, 0.717) is 61.1 Å². The first-order valence-electron chi connectivity index (χ1n) is 12.7. The van der Waals surface area contributed by atoms with Crippen molar-refractivity contribution in [3.63, 3.8) is 0 Å². The van der Waals surface area contributed by atoms with Crippen molar-refractivity contribution in [2.75, 3.05) is 66.2 Å². The maximum atomic E-state index is 6.38. The molecule has 0 saturated carbocycles. The molecule has 0 atom stereocenters. The molecule has 0 unspecified atom stereocenters. The van der Waals surface area contributed by atoms with E-state index < -0.39 is 0 Å². The third kappa shape index (κ3) is 5.56. The fourth-order valence-corrected chi connectivity index (χ4v) is 4.81. The van der Waals surface area contributed by atoms with Gasteiger partial charge in [0.2, 0.25) is 17.6 Å². The van der Waals surface area contributed by atoms with E-state index in [1.165, 1.54) is 0 Å². The molecule has 0 bridgehead atoms. The van der Waals surface area contributed by atoms with Crippen LogP contribution >= 0.6 is 0 Å². The quantitative estimate of drug-likeness (QED) is 0.415. The smallest absolute Gasteiger partial charge is 0.229 e. The molecule has 0 spiro atoms. The SMILES string of the molecule is COc1cccc(Oc2nc(N3CCOCC3)nc3c2CN(Cc2cc(OC)c(OC)c(OC)c2)CC3)c1. The number of aromatic nitrogens is 2. The predicted molar refractivity (Wildman–Crippen MR) is 142 cm³/mol. The number of morpholine rings is 1. The van der Waals surface area contributed by atoms with Crippen LogP contribution in [0.5, 0.6) is 34.6 Å². The standard InChI is InChI=1S/C28H34N4O6/c1-33-20-6-5-7-21(16-20)38-27-22-18-31(17-19-14-24(34-2)26(36-4)25(15-19)35-3)9-8-23(22)29-28(30-27)32-10-12-37-13-11-32/h5-7,14-16H,8-13,17-18H2,1-4H3. The minimum atomic E-state index is 0.569. The van der Waals surface area contributed by atoms with Gasteiger partial charge < -0.3 is 33.3 Å². The van der Waals surface area contributed by atoms with E-state index in [-0.39, 0.29) is 0 Å². The van der Waals surface area contributed by atoms with Gasteiger partial charge >= 0.3 is 0 Å². The molecule has 0 aliphatic carbocycles. The van der Waals surface area contributed by atoms with Gasteiger partial charge in [0.25, 0.3) is 0 Å². The zero-order chi connectivity index (χ0) is 26.5. The van der Waals surface area contributed by atoms with E-state index in [9.17, 15) is 0 Å². The second-order valence-electron chi connectivity index (χ2n) is 9.13. The molecule has 3 heterocycles. The van der Waals surface area contributed by atoms with Crippen LogP contribution in [0.2, 0.25) is 0 Å². The molecular formula is C28H34N4O6. The van der Waals surface area contributed by atoms with Gasteiger partial charge in [0.15, 0.2) is 11.5 Å². The Hall–Kier alpha value is -3.76. The summed E-state index contributed by atoms with van der Waals surface area (Å²) >= 11 is 0. The van der Waals surface area contributed by atoms with E-state index in [0.717, 1.165) is 48.6 Å². The maximum absolute atomic E-state index is 6.38. The van der Waals surface area contributed by atoms with Crippen LogP contribution in [0.15, 0.2) is 36.4 Å². The lowest BCUT2D eigenvalue weighted by molar-refractivity contribution is 0.122. The molecule has 10 nitrogen and oxygen atoms in total. The summed E-state index contributed by atoms with van der Waals surface area (Å²) in [5, 5.41) is 0. The highest BCUT2D eigenvalue weighted by molar-refractivity contribution is 5.54. The second-order valence-corrected chi connectivity index (χ2v) is 9.13. The zero-order valence-corrected chi connectivity index (χ0v) is 22.4. The topological polar surface area (TPSA) is 87.6 Å². The number of anilines is 1. The summed E-state index contributed by atoms with van der Waals surface area (Å²) in [6.07, 6.45) is 0.786. The van der Waals surface area contributed by atoms with Gasteiger partial charge in [-0.1, -0.05) is 6.07 Å². The van der Waals surface area contributed by atoms with Gasteiger partial charge in [0, 0.05) is 45.2 Å². The summed E-state index contributed by atoms with van der Waals surface area (Å²) in [5.41, 5.74) is 3.06. The number of ether oxygens (including phenoxy) is 6. The molecule has 10 heteroatoms. The Morgan fingerprint density at radius 1 is 0.842 bits per heavy atom. The molecule has 1 fully saturated rings. The molecule has 202 valence electrons. The Balaban J connectivity index is 1.45. The second kappa shape index (κ2) is 11.7. The van der Waals surface area contributed by atoms with Crippen molar-refractivity contribution in [3.8, 4) is 34.6 Å². The Morgan fingerprint density at radius 3 is 2.26 bits per heavy atom. The van der Waals surface area contributed by atoms with Crippen LogP contribution in [0.1, 0.15) is 16.8 Å². The monoisotopic (exact) mass is 522 g/mol. The van der Waals surface area contributed by atoms with Crippen LogP contribution in [-0.2, 0) is 24.2 Å². The molecule has 1 aromatic heterocycles. The molecule has 2 aliphatic heterocycles. The van der Waals surface area contributed by atoms with Gasteiger partial charge in [0.1, 0.15) is 11.5 Å². The van der Waals surface area contributed by atoms with Crippen molar-refractivity contribution in [3.05, 3.63) is 53.2 Å². The molecule has 2 aromatic carbocycles. The number of benzene rings is 2. The van der Waals surface area contributed by atoms with Crippen molar-refractivity contribution in [2.45, 2.75) is 19.5 Å². The third-order valence-electron chi connectivity index (χ3n) is 6.77. The molecule has 3 aromatic rings. The third-order valence-corrected chi connectivity index (χ3v) is 6.77. The first-order valence-corrected chi connectivity index (χ1v) is 12.7. The van der Waals surface area contributed by atoms with Crippen molar-refractivity contribution >= 4 is 5.95 Å². The number of methoxy groups -OCH3 is 4. The fourth-order valence-electron chi connectivity index (χ4n) is 4.81. The molecule has 0 N–H and O–H groups in total. The van der Waals surface area contributed by atoms with Crippen LogP contribution in [0, 0.1) is 0 Å². The van der Waals surface area contributed by atoms with E-state index in [4.69, 9.17) is 38.4 Å². The number of rotatable bonds is 9. The molecular weight excluding hydrogens is 488 g/mol. The summed E-state index contributed by atoms with van der Waals surface area (Å²) in [7, 11) is 6.51. The van der Waals surface area contributed by atoms with Crippen molar-refractivity contribution in [2.24, 2.45) is 0 Å². The first-order chi connectivity index (χ1) is 18.6. The fraction of sp³-hybridized carbons (Fsp3) is 0.429. The number of hydrogen-bond donors (Lipinski definition) is 0. The largest absolute Gasteiger partial charge is 0.497 e. The minimum absolute atomic E-state index is 0.569. The summed E-state index contributed by atoms with van der Waals surface area (Å²) in [4.78, 5) is 14.4. The Morgan fingerprint density at radius 2 is 1.58 bits per heavy atom. The summed E-state index contributed by atoms with van der Waals surface area (Å²) < 4.78 is 33.9. The van der Waals surface area contributed by atoms with E-state index >= 15 is 0 Å². The molecule has 38 heavy (non-hydrogen) atoms. The van der Waals surface area contributed by atoms with E-state index in [1.807, 2.05) is 36.4 Å². The Kier molecular flexibility index (Phi) is 8.00. The van der Waals surface area contributed by atoms with Gasteiger partial charge in [0.05, 0.1) is 52.9 Å². The van der Waals surface area contributed by atoms with Gasteiger partial charge in [-0.25, -0.2) is 4.98 Å². The van der Waals surface area contributed by atoms with Gasteiger partial charge in [-0.3, -0.25) is 4.90 Å². The molecule has 5 rings (SSSR count). The molecule has 0 radical (unpaired) electrons. The maximum Gasteiger partial charge on any atom is 0.229 e. The summed E-state index contributed by atoms with van der Waals surface area (Å²) in [6.45, 7) is 5.02. The highest BCUT2D eigenvalue weighted by atomic mass is 16.5. The molecule has 2 aliphatic rings. The number of hydrogen-bond acceptors (Lipinski definition) is 10. The van der Waals surface area contributed by atoms with Crippen molar-refractivity contribution in [1.82, 2.24) is 14.9 Å². The number of fused-ring (bicyclic) bond motifs is 1. The van der Waals surface area contributed by atoms with Gasteiger partial charge in [-0.15, -0.1) is 0 Å². The lowest BCUT2D eigenvalue weighted by atomic mass is 10.1. The van der Waals surface area contributed by atoms with E-state index in [2.05, 4.69) is 9.80 Å². The van der Waals surface area contributed by atoms with Gasteiger partial charge in [-0.05, 0) is 29.8 Å². The summed E-state index contributed by atoms with van der Waals surface area (Å²) in [6, 6.07) is 11.5. The Bertz CT molecular complexity index is 1240. The Labute approximate surface area is 223 Å². The van der Waals surface area contributed by atoms with Crippen LogP contribution in [-0.4, -0.2) is 76.2 Å². The first kappa shape index (κ1) is 25.9. The normalized spacial score (nSPS) is 15.5. The highest BCUT2D eigenvalue weighted by Crippen LogP contribution is 2.39. The highest BCUT2D eigenvalue weighted by Gasteiger charge is 2.27. The molecule has 1 saturated heterocycles. The number of nitrogens with zero attached hydrogens (tertiary/aromatic N) is 4. The van der Waals surface area contributed by atoms with Crippen LogP contribution < -0.4 is 28.6 Å². The zero-order valence-electron chi connectivity index (χ0n) is 22.4. The van der Waals surface area contributed by atoms with Crippen LogP contribution in [0.3, 0.4) is 0 Å². The van der Waals surface area contributed by atoms with Crippen molar-refractivity contribution < 1.29 is 28.4 Å². The summed E-state index contributed by atoms with van der Waals surface area (Å²) in [5.74, 6) is 4.51. The predicted octanol–water partition coefficient (Wildman–Crippen LogP) is 3.70. The van der Waals surface area contributed by atoms with Crippen molar-refractivity contribution in [1.29, 1.82) is 0 Å². The van der Waals surface area contributed by atoms with Gasteiger partial charge in [-0.2, -0.15) is 4.98 Å². The molecule has 0 amide bonds.